The van der Waals surface area contributed by atoms with E-state index < -0.39 is 0 Å². The van der Waals surface area contributed by atoms with E-state index in [-0.39, 0.29) is 5.91 Å². The lowest BCUT2D eigenvalue weighted by molar-refractivity contribution is 0.0952. The molecule has 1 heterocycles. The highest BCUT2D eigenvalue weighted by molar-refractivity contribution is 5.93. The average Bonchev–Trinajstić information content (AvgIpc) is 2.54. The van der Waals surface area contributed by atoms with Crippen molar-refractivity contribution in [2.75, 3.05) is 18.0 Å². The Kier molecular flexibility index (Phi) is 5.25. The van der Waals surface area contributed by atoms with Crippen LogP contribution in [0.25, 0.3) is 0 Å². The van der Waals surface area contributed by atoms with E-state index in [1.165, 1.54) is 0 Å². The first-order valence-electron chi connectivity index (χ1n) is 7.23. The lowest BCUT2D eigenvalue weighted by atomic mass is 10.2. The lowest BCUT2D eigenvalue weighted by Gasteiger charge is -2.22. The standard InChI is InChI=1S/C17H20N4O/c1-4-11-18-17(22)15-12-16(20-13(3)19-15)21(5-2)14-9-7-6-8-10-14/h4,6-10,12H,1,5,11H2,2-3H3,(H,18,22). The highest BCUT2D eigenvalue weighted by Gasteiger charge is 2.14. The molecule has 0 unspecified atom stereocenters. The van der Waals surface area contributed by atoms with Crippen LogP contribution in [0, 0.1) is 6.92 Å². The molecule has 0 atom stereocenters. The Hall–Kier alpha value is -2.69. The monoisotopic (exact) mass is 296 g/mol. The number of hydrogen-bond acceptors (Lipinski definition) is 4. The van der Waals surface area contributed by atoms with E-state index in [4.69, 9.17) is 0 Å². The molecule has 0 fully saturated rings. The van der Waals surface area contributed by atoms with Crippen LogP contribution in [0.3, 0.4) is 0 Å². The molecule has 1 N–H and O–H groups in total. The molecule has 22 heavy (non-hydrogen) atoms. The van der Waals surface area contributed by atoms with Crippen molar-refractivity contribution in [3.05, 3.63) is 60.6 Å². The van der Waals surface area contributed by atoms with Crippen molar-refractivity contribution in [3.8, 4) is 0 Å². The van der Waals surface area contributed by atoms with Gasteiger partial charge in [-0.05, 0) is 26.0 Å². The maximum absolute atomic E-state index is 12.1. The van der Waals surface area contributed by atoms with Crippen LogP contribution in [0.1, 0.15) is 23.2 Å². The Morgan fingerprint density at radius 2 is 2.05 bits per heavy atom. The zero-order valence-electron chi connectivity index (χ0n) is 12.9. The Bertz CT molecular complexity index is 655. The third-order valence-corrected chi connectivity index (χ3v) is 3.12. The van der Waals surface area contributed by atoms with Gasteiger partial charge in [-0.25, -0.2) is 9.97 Å². The van der Waals surface area contributed by atoms with E-state index in [0.29, 0.717) is 23.9 Å². The molecule has 2 rings (SSSR count). The minimum Gasteiger partial charge on any atom is -0.347 e. The fourth-order valence-electron chi connectivity index (χ4n) is 2.15. The van der Waals surface area contributed by atoms with Gasteiger partial charge in [0.2, 0.25) is 0 Å². The van der Waals surface area contributed by atoms with Crippen LogP contribution < -0.4 is 10.2 Å². The number of carbonyl (C=O) groups is 1. The number of para-hydroxylation sites is 1. The van der Waals surface area contributed by atoms with Gasteiger partial charge in [0.15, 0.2) is 0 Å². The summed E-state index contributed by atoms with van der Waals surface area (Å²) in [4.78, 5) is 22.8. The second-order valence-corrected chi connectivity index (χ2v) is 4.74. The topological polar surface area (TPSA) is 58.1 Å². The van der Waals surface area contributed by atoms with Crippen LogP contribution in [0.5, 0.6) is 0 Å². The van der Waals surface area contributed by atoms with Crippen LogP contribution in [-0.4, -0.2) is 29.0 Å². The molecule has 2 aromatic rings. The van der Waals surface area contributed by atoms with Gasteiger partial charge in [-0.2, -0.15) is 0 Å². The molecule has 0 aliphatic heterocycles. The predicted octanol–water partition coefficient (Wildman–Crippen LogP) is 2.86. The molecular formula is C17H20N4O. The Morgan fingerprint density at radius 3 is 2.68 bits per heavy atom. The summed E-state index contributed by atoms with van der Waals surface area (Å²) in [5, 5.41) is 2.73. The Balaban J connectivity index is 2.36. The third-order valence-electron chi connectivity index (χ3n) is 3.12. The van der Waals surface area contributed by atoms with Gasteiger partial charge in [-0.1, -0.05) is 24.3 Å². The molecule has 0 bridgehead atoms. The summed E-state index contributed by atoms with van der Waals surface area (Å²) in [6.45, 7) is 8.57. The van der Waals surface area contributed by atoms with Crippen molar-refractivity contribution in [2.45, 2.75) is 13.8 Å². The van der Waals surface area contributed by atoms with Crippen molar-refractivity contribution >= 4 is 17.4 Å². The zero-order valence-corrected chi connectivity index (χ0v) is 12.9. The fourth-order valence-corrected chi connectivity index (χ4v) is 2.15. The summed E-state index contributed by atoms with van der Waals surface area (Å²) in [6, 6.07) is 11.7. The minimum atomic E-state index is -0.226. The quantitative estimate of drug-likeness (QED) is 0.833. The molecule has 1 aromatic heterocycles. The SMILES string of the molecule is C=CCNC(=O)c1cc(N(CC)c2ccccc2)nc(C)n1. The molecule has 0 aliphatic rings. The van der Waals surface area contributed by atoms with Crippen molar-refractivity contribution in [1.29, 1.82) is 0 Å². The molecule has 0 saturated heterocycles. The number of nitrogens with zero attached hydrogens (tertiary/aromatic N) is 3. The van der Waals surface area contributed by atoms with Crippen molar-refractivity contribution in [1.82, 2.24) is 15.3 Å². The Morgan fingerprint density at radius 1 is 1.32 bits per heavy atom. The highest BCUT2D eigenvalue weighted by Crippen LogP contribution is 2.23. The Labute approximate surface area is 130 Å². The summed E-state index contributed by atoms with van der Waals surface area (Å²) in [7, 11) is 0. The number of aromatic nitrogens is 2. The summed E-state index contributed by atoms with van der Waals surface area (Å²) >= 11 is 0. The van der Waals surface area contributed by atoms with Gasteiger partial charge in [0.05, 0.1) is 0 Å². The summed E-state index contributed by atoms with van der Waals surface area (Å²) < 4.78 is 0. The van der Waals surface area contributed by atoms with Crippen LogP contribution in [0.4, 0.5) is 11.5 Å². The molecule has 1 amide bonds. The molecule has 0 aliphatic carbocycles. The van der Waals surface area contributed by atoms with Crippen molar-refractivity contribution < 1.29 is 4.79 Å². The zero-order chi connectivity index (χ0) is 15.9. The highest BCUT2D eigenvalue weighted by atomic mass is 16.1. The van der Waals surface area contributed by atoms with Crippen LogP contribution in [0.15, 0.2) is 49.1 Å². The molecule has 114 valence electrons. The molecule has 1 aromatic carbocycles. The maximum atomic E-state index is 12.1. The fraction of sp³-hybridized carbons (Fsp3) is 0.235. The normalized spacial score (nSPS) is 10.1. The smallest absolute Gasteiger partial charge is 0.270 e. The molecular weight excluding hydrogens is 276 g/mol. The number of rotatable bonds is 6. The van der Waals surface area contributed by atoms with Gasteiger partial charge >= 0.3 is 0 Å². The molecule has 0 spiro atoms. The summed E-state index contributed by atoms with van der Waals surface area (Å²) in [5.74, 6) is 1.05. The largest absolute Gasteiger partial charge is 0.347 e. The van der Waals surface area contributed by atoms with E-state index in [2.05, 4.69) is 21.9 Å². The van der Waals surface area contributed by atoms with Gasteiger partial charge in [0, 0.05) is 24.8 Å². The first-order chi connectivity index (χ1) is 10.7. The van der Waals surface area contributed by atoms with Crippen molar-refractivity contribution in [3.63, 3.8) is 0 Å². The van der Waals surface area contributed by atoms with E-state index >= 15 is 0 Å². The second kappa shape index (κ2) is 7.36. The van der Waals surface area contributed by atoms with Crippen LogP contribution in [-0.2, 0) is 0 Å². The molecule has 0 radical (unpaired) electrons. The van der Waals surface area contributed by atoms with Gasteiger partial charge < -0.3 is 10.2 Å². The summed E-state index contributed by atoms with van der Waals surface area (Å²) in [5.41, 5.74) is 1.39. The van der Waals surface area contributed by atoms with E-state index in [1.807, 2.05) is 42.2 Å². The molecule has 5 nitrogen and oxygen atoms in total. The van der Waals surface area contributed by atoms with Crippen LogP contribution >= 0.6 is 0 Å². The maximum Gasteiger partial charge on any atom is 0.270 e. The van der Waals surface area contributed by atoms with Gasteiger partial charge in [0.1, 0.15) is 17.3 Å². The van der Waals surface area contributed by atoms with E-state index in [1.54, 1.807) is 19.1 Å². The van der Waals surface area contributed by atoms with Crippen LogP contribution in [0.2, 0.25) is 0 Å². The number of anilines is 2. The number of aryl methyl sites for hydroxylation is 1. The third kappa shape index (κ3) is 3.69. The minimum absolute atomic E-state index is 0.226. The van der Waals surface area contributed by atoms with Gasteiger partial charge in [-0.3, -0.25) is 4.79 Å². The molecule has 0 saturated carbocycles. The number of hydrogen-bond donors (Lipinski definition) is 1. The number of carbonyl (C=O) groups excluding carboxylic acids is 1. The number of nitrogens with one attached hydrogen (secondary N) is 1. The number of amides is 1. The van der Waals surface area contributed by atoms with Crippen molar-refractivity contribution in [2.24, 2.45) is 0 Å². The average molecular weight is 296 g/mol. The lowest BCUT2D eigenvalue weighted by Crippen LogP contribution is -2.26. The van der Waals surface area contributed by atoms with Gasteiger partial charge in [-0.15, -0.1) is 6.58 Å². The number of benzene rings is 1. The first-order valence-corrected chi connectivity index (χ1v) is 7.23. The van der Waals surface area contributed by atoms with E-state index in [9.17, 15) is 4.79 Å². The second-order valence-electron chi connectivity index (χ2n) is 4.74. The van der Waals surface area contributed by atoms with E-state index in [0.717, 1.165) is 12.2 Å². The van der Waals surface area contributed by atoms with Gasteiger partial charge in [0.25, 0.3) is 5.91 Å². The molecule has 5 heteroatoms. The first kappa shape index (κ1) is 15.7. The summed E-state index contributed by atoms with van der Waals surface area (Å²) in [6.07, 6.45) is 1.63. The predicted molar refractivity (Wildman–Crippen MR) is 88.4 cm³/mol.